The molecular weight excluding hydrogens is 380 g/mol. The number of aromatic amines is 1. The van der Waals surface area contributed by atoms with Gasteiger partial charge in [-0.3, -0.25) is 4.98 Å². The summed E-state index contributed by atoms with van der Waals surface area (Å²) in [6, 6.07) is 13.3. The second kappa shape index (κ2) is 6.01. The molecule has 0 spiro atoms. The molecular formula is C20H15BrN2O2. The van der Waals surface area contributed by atoms with Gasteiger partial charge in [-0.2, -0.15) is 0 Å². The molecule has 5 heteroatoms. The third-order valence-corrected chi connectivity index (χ3v) is 5.41. The lowest BCUT2D eigenvalue weighted by molar-refractivity contribution is 0.0697. The van der Waals surface area contributed by atoms with Gasteiger partial charge in [-0.25, -0.2) is 4.79 Å². The van der Waals surface area contributed by atoms with Crippen molar-refractivity contribution >= 4 is 43.6 Å². The van der Waals surface area contributed by atoms with Crippen LogP contribution in [0.3, 0.4) is 0 Å². The highest BCUT2D eigenvalue weighted by Crippen LogP contribution is 2.31. The number of fused-ring (bicyclic) bond motifs is 2. The lowest BCUT2D eigenvalue weighted by Crippen LogP contribution is -1.97. The topological polar surface area (TPSA) is 66.0 Å². The molecule has 0 radical (unpaired) electrons. The Balaban J connectivity index is 1.85. The quantitative estimate of drug-likeness (QED) is 0.509. The van der Waals surface area contributed by atoms with Gasteiger partial charge in [-0.05, 0) is 52.0 Å². The number of rotatable bonds is 3. The van der Waals surface area contributed by atoms with Crippen LogP contribution < -0.4 is 0 Å². The molecule has 4 rings (SSSR count). The fourth-order valence-corrected chi connectivity index (χ4v) is 3.81. The highest BCUT2D eigenvalue weighted by Gasteiger charge is 2.15. The van der Waals surface area contributed by atoms with Gasteiger partial charge in [0.25, 0.3) is 0 Å². The van der Waals surface area contributed by atoms with E-state index in [1.54, 1.807) is 12.1 Å². The minimum Gasteiger partial charge on any atom is -0.478 e. The summed E-state index contributed by atoms with van der Waals surface area (Å²) in [4.78, 5) is 19.2. The van der Waals surface area contributed by atoms with E-state index in [0.717, 1.165) is 43.1 Å². The second-order valence-corrected chi connectivity index (χ2v) is 6.87. The Morgan fingerprint density at radius 2 is 2.00 bits per heavy atom. The number of H-pyrrole nitrogens is 1. The van der Waals surface area contributed by atoms with E-state index in [4.69, 9.17) is 0 Å². The fourth-order valence-electron chi connectivity index (χ4n) is 3.20. The number of hydrogen-bond acceptors (Lipinski definition) is 2. The van der Waals surface area contributed by atoms with E-state index in [1.807, 2.05) is 37.4 Å². The van der Waals surface area contributed by atoms with Gasteiger partial charge in [0.1, 0.15) is 0 Å². The van der Waals surface area contributed by atoms with Gasteiger partial charge in [0, 0.05) is 39.1 Å². The van der Waals surface area contributed by atoms with Gasteiger partial charge < -0.3 is 10.1 Å². The molecule has 0 fully saturated rings. The minimum absolute atomic E-state index is 0.290. The molecule has 124 valence electrons. The molecule has 4 aromatic rings. The van der Waals surface area contributed by atoms with E-state index in [-0.39, 0.29) is 0 Å². The summed E-state index contributed by atoms with van der Waals surface area (Å²) in [5.74, 6) is -0.920. The second-order valence-electron chi connectivity index (χ2n) is 6.08. The van der Waals surface area contributed by atoms with Crippen LogP contribution in [-0.4, -0.2) is 21.0 Å². The molecule has 2 aromatic heterocycles. The zero-order valence-corrected chi connectivity index (χ0v) is 15.1. The summed E-state index contributed by atoms with van der Waals surface area (Å²) in [6.07, 6.45) is 2.50. The van der Waals surface area contributed by atoms with E-state index in [9.17, 15) is 9.90 Å². The number of nitrogens with one attached hydrogen (secondary N) is 1. The molecule has 0 aliphatic rings. The number of aryl methyl sites for hydroxylation is 1. The zero-order chi connectivity index (χ0) is 17.6. The summed E-state index contributed by atoms with van der Waals surface area (Å²) in [5.41, 5.74) is 4.26. The van der Waals surface area contributed by atoms with Crippen LogP contribution in [0.5, 0.6) is 0 Å². The Morgan fingerprint density at radius 1 is 1.20 bits per heavy atom. The van der Waals surface area contributed by atoms with Crippen molar-refractivity contribution in [3.05, 3.63) is 75.6 Å². The van der Waals surface area contributed by atoms with Crippen molar-refractivity contribution in [2.24, 2.45) is 0 Å². The third kappa shape index (κ3) is 2.70. The van der Waals surface area contributed by atoms with Crippen molar-refractivity contribution in [3.63, 3.8) is 0 Å². The summed E-state index contributed by atoms with van der Waals surface area (Å²) in [5, 5.41) is 12.4. The molecule has 0 saturated carbocycles. The van der Waals surface area contributed by atoms with Crippen LogP contribution in [-0.2, 0) is 6.42 Å². The lowest BCUT2D eigenvalue weighted by Gasteiger charge is -2.08. The summed E-state index contributed by atoms with van der Waals surface area (Å²) in [6.45, 7) is 2.00. The Bertz CT molecular complexity index is 1130. The molecule has 0 aliphatic heterocycles. The fraction of sp³-hybridized carbons (Fsp3) is 0.100. The van der Waals surface area contributed by atoms with E-state index in [2.05, 4.69) is 32.0 Å². The molecule has 0 saturated heterocycles. The van der Waals surface area contributed by atoms with Gasteiger partial charge in [0.15, 0.2) is 0 Å². The Morgan fingerprint density at radius 3 is 2.80 bits per heavy atom. The maximum absolute atomic E-state index is 11.3. The average Bonchev–Trinajstić information content (AvgIpc) is 2.92. The Kier molecular flexibility index (Phi) is 3.81. The summed E-state index contributed by atoms with van der Waals surface area (Å²) < 4.78 is 0.980. The number of aromatic carboxylic acids is 1. The van der Waals surface area contributed by atoms with Gasteiger partial charge in [0.05, 0.1) is 11.3 Å². The SMILES string of the molecule is Cc1[nH]c2ccc(C(=O)O)cc2c1Cc1ncc2ccccc2c1Br. The first-order valence-corrected chi connectivity index (χ1v) is 8.70. The highest BCUT2D eigenvalue weighted by molar-refractivity contribution is 9.10. The molecule has 2 heterocycles. The van der Waals surface area contributed by atoms with Crippen LogP contribution >= 0.6 is 15.9 Å². The smallest absolute Gasteiger partial charge is 0.335 e. The monoisotopic (exact) mass is 394 g/mol. The predicted molar refractivity (Wildman–Crippen MR) is 102 cm³/mol. The van der Waals surface area contributed by atoms with Gasteiger partial charge >= 0.3 is 5.97 Å². The third-order valence-electron chi connectivity index (χ3n) is 4.52. The van der Waals surface area contributed by atoms with Gasteiger partial charge in [-0.15, -0.1) is 0 Å². The predicted octanol–water partition coefficient (Wildman–Crippen LogP) is 5.08. The van der Waals surface area contributed by atoms with Crippen molar-refractivity contribution in [2.45, 2.75) is 13.3 Å². The zero-order valence-electron chi connectivity index (χ0n) is 13.5. The number of benzene rings is 2. The number of hydrogen-bond donors (Lipinski definition) is 2. The van der Waals surface area contributed by atoms with E-state index in [0.29, 0.717) is 12.0 Å². The van der Waals surface area contributed by atoms with Crippen LogP contribution in [0.4, 0.5) is 0 Å². The van der Waals surface area contributed by atoms with E-state index >= 15 is 0 Å². The standard InChI is InChI=1S/C20H15BrN2O2/c1-11-15(16-8-12(20(24)25)6-7-17(16)23-11)9-18-19(21)14-5-3-2-4-13(14)10-22-18/h2-8,10,23H,9H2,1H3,(H,24,25). The van der Waals surface area contributed by atoms with Crippen molar-refractivity contribution in [2.75, 3.05) is 0 Å². The van der Waals surface area contributed by atoms with Gasteiger partial charge in [-0.1, -0.05) is 24.3 Å². The Hall–Kier alpha value is -2.66. The van der Waals surface area contributed by atoms with Crippen molar-refractivity contribution < 1.29 is 9.90 Å². The molecule has 25 heavy (non-hydrogen) atoms. The normalized spacial score (nSPS) is 11.3. The van der Waals surface area contributed by atoms with E-state index < -0.39 is 5.97 Å². The minimum atomic E-state index is -0.920. The van der Waals surface area contributed by atoms with Crippen LogP contribution in [0.1, 0.15) is 27.3 Å². The molecule has 0 aliphatic carbocycles. The van der Waals surface area contributed by atoms with Crippen molar-refractivity contribution in [1.82, 2.24) is 9.97 Å². The average molecular weight is 395 g/mol. The van der Waals surface area contributed by atoms with Crippen LogP contribution in [0, 0.1) is 6.92 Å². The number of aromatic nitrogens is 2. The maximum Gasteiger partial charge on any atom is 0.335 e. The van der Waals surface area contributed by atoms with Crippen LogP contribution in [0.15, 0.2) is 53.1 Å². The maximum atomic E-state index is 11.3. The molecule has 0 amide bonds. The number of pyridine rings is 1. The van der Waals surface area contributed by atoms with Crippen molar-refractivity contribution in [1.29, 1.82) is 0 Å². The molecule has 0 bridgehead atoms. The Labute approximate surface area is 152 Å². The summed E-state index contributed by atoms with van der Waals surface area (Å²) in [7, 11) is 0. The molecule has 2 N–H and O–H groups in total. The first-order valence-electron chi connectivity index (χ1n) is 7.91. The summed E-state index contributed by atoms with van der Waals surface area (Å²) >= 11 is 3.69. The molecule has 0 atom stereocenters. The lowest BCUT2D eigenvalue weighted by atomic mass is 10.0. The number of nitrogens with zero attached hydrogens (tertiary/aromatic N) is 1. The number of carbonyl (C=O) groups is 1. The van der Waals surface area contributed by atoms with Crippen LogP contribution in [0.25, 0.3) is 21.7 Å². The van der Waals surface area contributed by atoms with Gasteiger partial charge in [0.2, 0.25) is 0 Å². The first kappa shape index (κ1) is 15.8. The molecule has 2 aromatic carbocycles. The largest absolute Gasteiger partial charge is 0.478 e. The number of halogens is 1. The highest BCUT2D eigenvalue weighted by atomic mass is 79.9. The number of carboxylic acids is 1. The first-order chi connectivity index (χ1) is 12.0. The number of carboxylic acid groups (broad SMARTS) is 1. The molecule has 4 nitrogen and oxygen atoms in total. The van der Waals surface area contributed by atoms with Crippen LogP contribution in [0.2, 0.25) is 0 Å². The van der Waals surface area contributed by atoms with Crippen molar-refractivity contribution in [3.8, 4) is 0 Å². The molecule has 0 unspecified atom stereocenters. The van der Waals surface area contributed by atoms with E-state index in [1.165, 1.54) is 0 Å².